The molecule has 0 atom stereocenters. The highest BCUT2D eigenvalue weighted by Crippen LogP contribution is 2.30. The molecule has 19 heavy (non-hydrogen) atoms. The van der Waals surface area contributed by atoms with E-state index in [-0.39, 0.29) is 0 Å². The third-order valence-electron chi connectivity index (χ3n) is 2.63. The Bertz CT molecular complexity index is 590. The van der Waals surface area contributed by atoms with Gasteiger partial charge < -0.3 is 15.2 Å². The van der Waals surface area contributed by atoms with Gasteiger partial charge in [-0.1, -0.05) is 17.7 Å². The van der Waals surface area contributed by atoms with Gasteiger partial charge >= 0.3 is 0 Å². The summed E-state index contributed by atoms with van der Waals surface area (Å²) in [6, 6.07) is 10.9. The quantitative estimate of drug-likeness (QED) is 0.844. The van der Waals surface area contributed by atoms with Crippen molar-refractivity contribution >= 4 is 33.2 Å². The molecule has 2 N–H and O–H groups in total. The van der Waals surface area contributed by atoms with E-state index in [9.17, 15) is 0 Å². The summed E-state index contributed by atoms with van der Waals surface area (Å²) in [5.74, 6) is 1.50. The normalized spacial score (nSPS) is 10.3. The average molecular weight is 343 g/mol. The van der Waals surface area contributed by atoms with E-state index in [0.29, 0.717) is 17.3 Å². The van der Waals surface area contributed by atoms with Gasteiger partial charge in [0.05, 0.1) is 11.6 Å². The summed E-state index contributed by atoms with van der Waals surface area (Å²) < 4.78 is 11.7. The number of ether oxygens (including phenoxy) is 2. The van der Waals surface area contributed by atoms with Crippen LogP contribution in [0.3, 0.4) is 0 Å². The molecule has 0 fully saturated rings. The smallest absolute Gasteiger partial charge is 0.134 e. The number of hydrogen-bond acceptors (Lipinski definition) is 3. The summed E-state index contributed by atoms with van der Waals surface area (Å²) in [7, 11) is 1.62. The van der Waals surface area contributed by atoms with Gasteiger partial charge in [0.25, 0.3) is 0 Å². The summed E-state index contributed by atoms with van der Waals surface area (Å²) in [6.45, 7) is 0.383. The Balaban J connectivity index is 2.10. The van der Waals surface area contributed by atoms with E-state index in [1.807, 2.05) is 24.3 Å². The molecule has 0 saturated heterocycles. The van der Waals surface area contributed by atoms with Crippen molar-refractivity contribution in [2.75, 3.05) is 12.8 Å². The molecule has 0 aromatic heterocycles. The van der Waals surface area contributed by atoms with Crippen LogP contribution < -0.4 is 15.2 Å². The summed E-state index contributed by atoms with van der Waals surface area (Å²) >= 11 is 9.28. The highest BCUT2D eigenvalue weighted by atomic mass is 79.9. The zero-order valence-electron chi connectivity index (χ0n) is 10.3. The number of nitrogens with two attached hydrogens (primary N) is 1. The molecule has 0 unspecified atom stereocenters. The van der Waals surface area contributed by atoms with Gasteiger partial charge in [-0.3, -0.25) is 0 Å². The lowest BCUT2D eigenvalue weighted by molar-refractivity contribution is 0.304. The molecule has 0 radical (unpaired) electrons. The van der Waals surface area contributed by atoms with Crippen molar-refractivity contribution in [3.8, 4) is 11.5 Å². The molecular weight excluding hydrogens is 330 g/mol. The van der Waals surface area contributed by atoms with E-state index in [4.69, 9.17) is 26.8 Å². The number of nitrogen functional groups attached to an aromatic ring is 1. The first-order valence-corrected chi connectivity index (χ1v) is 6.77. The highest BCUT2D eigenvalue weighted by Gasteiger charge is 2.05. The molecule has 2 rings (SSSR count). The van der Waals surface area contributed by atoms with Gasteiger partial charge in [0.15, 0.2) is 0 Å². The van der Waals surface area contributed by atoms with Crippen LogP contribution in [-0.2, 0) is 6.61 Å². The van der Waals surface area contributed by atoms with Crippen LogP contribution in [0, 0.1) is 0 Å². The van der Waals surface area contributed by atoms with Gasteiger partial charge in [-0.05, 0) is 46.3 Å². The Kier molecular flexibility index (Phi) is 4.56. The number of hydrogen-bond donors (Lipinski definition) is 1. The van der Waals surface area contributed by atoms with Crippen LogP contribution in [0.5, 0.6) is 11.5 Å². The third kappa shape index (κ3) is 3.55. The van der Waals surface area contributed by atoms with E-state index in [0.717, 1.165) is 21.5 Å². The van der Waals surface area contributed by atoms with E-state index >= 15 is 0 Å². The number of methoxy groups -OCH3 is 1. The minimum absolute atomic E-state index is 0.383. The van der Waals surface area contributed by atoms with E-state index in [1.165, 1.54) is 0 Å². The second-order valence-corrected chi connectivity index (χ2v) is 5.22. The van der Waals surface area contributed by atoms with Crippen LogP contribution in [0.1, 0.15) is 5.56 Å². The molecule has 0 aliphatic rings. The van der Waals surface area contributed by atoms with Crippen LogP contribution in [0.25, 0.3) is 0 Å². The maximum atomic E-state index is 5.87. The Hall–Kier alpha value is -1.39. The zero-order chi connectivity index (χ0) is 13.8. The molecular formula is C14H13BrClNO2. The minimum Gasteiger partial charge on any atom is -0.497 e. The standard InChI is InChI=1S/C14H13BrClNO2/c1-18-11-4-5-14(12(15)7-11)19-8-9-2-3-10(16)6-13(9)17/h2-7H,8,17H2,1H3. The molecule has 0 aliphatic heterocycles. The summed E-state index contributed by atoms with van der Waals surface area (Å²) in [4.78, 5) is 0. The van der Waals surface area contributed by atoms with Crippen molar-refractivity contribution in [3.05, 3.63) is 51.5 Å². The van der Waals surface area contributed by atoms with Crippen LogP contribution in [0.4, 0.5) is 5.69 Å². The minimum atomic E-state index is 0.383. The predicted molar refractivity (Wildman–Crippen MR) is 80.9 cm³/mol. The van der Waals surface area contributed by atoms with Crippen molar-refractivity contribution in [1.82, 2.24) is 0 Å². The summed E-state index contributed by atoms with van der Waals surface area (Å²) in [6.07, 6.45) is 0. The van der Waals surface area contributed by atoms with Crippen molar-refractivity contribution in [1.29, 1.82) is 0 Å². The largest absolute Gasteiger partial charge is 0.497 e. The van der Waals surface area contributed by atoms with Crippen molar-refractivity contribution in [2.45, 2.75) is 6.61 Å². The fourth-order valence-electron chi connectivity index (χ4n) is 1.58. The Labute approximate surface area is 125 Å². The topological polar surface area (TPSA) is 44.5 Å². The van der Waals surface area contributed by atoms with Gasteiger partial charge in [-0.15, -0.1) is 0 Å². The van der Waals surface area contributed by atoms with Crippen LogP contribution in [0.15, 0.2) is 40.9 Å². The third-order valence-corrected chi connectivity index (χ3v) is 3.48. The molecule has 0 saturated carbocycles. The van der Waals surface area contributed by atoms with Gasteiger partial charge in [-0.2, -0.15) is 0 Å². The molecule has 3 nitrogen and oxygen atoms in total. The lowest BCUT2D eigenvalue weighted by Crippen LogP contribution is -2.00. The van der Waals surface area contributed by atoms with Crippen molar-refractivity contribution in [2.24, 2.45) is 0 Å². The maximum absolute atomic E-state index is 5.87. The SMILES string of the molecule is COc1ccc(OCc2ccc(Cl)cc2N)c(Br)c1. The first kappa shape index (κ1) is 14.0. The van der Waals surface area contributed by atoms with Crippen LogP contribution >= 0.6 is 27.5 Å². The van der Waals surface area contributed by atoms with E-state index in [2.05, 4.69) is 15.9 Å². The molecule has 5 heteroatoms. The Morgan fingerprint density at radius 2 is 2.00 bits per heavy atom. The molecule has 2 aromatic carbocycles. The number of anilines is 1. The lowest BCUT2D eigenvalue weighted by atomic mass is 10.2. The lowest BCUT2D eigenvalue weighted by Gasteiger charge is -2.11. The first-order valence-electron chi connectivity index (χ1n) is 5.60. The van der Waals surface area contributed by atoms with Crippen molar-refractivity contribution < 1.29 is 9.47 Å². The molecule has 100 valence electrons. The number of benzene rings is 2. The summed E-state index contributed by atoms with van der Waals surface area (Å²) in [5.41, 5.74) is 7.39. The molecule has 0 bridgehead atoms. The maximum Gasteiger partial charge on any atom is 0.134 e. The van der Waals surface area contributed by atoms with Gasteiger partial charge in [-0.25, -0.2) is 0 Å². The van der Waals surface area contributed by atoms with Crippen molar-refractivity contribution in [3.63, 3.8) is 0 Å². The second kappa shape index (κ2) is 6.17. The molecule has 0 amide bonds. The molecule has 2 aromatic rings. The van der Waals surface area contributed by atoms with E-state index < -0.39 is 0 Å². The molecule has 0 aliphatic carbocycles. The highest BCUT2D eigenvalue weighted by molar-refractivity contribution is 9.10. The second-order valence-electron chi connectivity index (χ2n) is 3.93. The van der Waals surface area contributed by atoms with Crippen LogP contribution in [0.2, 0.25) is 5.02 Å². The fourth-order valence-corrected chi connectivity index (χ4v) is 2.23. The number of rotatable bonds is 4. The zero-order valence-corrected chi connectivity index (χ0v) is 12.7. The summed E-state index contributed by atoms with van der Waals surface area (Å²) in [5, 5.41) is 0.617. The number of halogens is 2. The van der Waals surface area contributed by atoms with Gasteiger partial charge in [0.2, 0.25) is 0 Å². The monoisotopic (exact) mass is 341 g/mol. The fraction of sp³-hybridized carbons (Fsp3) is 0.143. The Morgan fingerprint density at radius 1 is 1.21 bits per heavy atom. The molecule has 0 heterocycles. The Morgan fingerprint density at radius 3 is 2.63 bits per heavy atom. The van der Waals surface area contributed by atoms with E-state index in [1.54, 1.807) is 19.2 Å². The average Bonchev–Trinajstić information content (AvgIpc) is 2.39. The van der Waals surface area contributed by atoms with Crippen LogP contribution in [-0.4, -0.2) is 7.11 Å². The molecule has 0 spiro atoms. The van der Waals surface area contributed by atoms with Gasteiger partial charge in [0.1, 0.15) is 18.1 Å². The van der Waals surface area contributed by atoms with Gasteiger partial charge in [0, 0.05) is 16.3 Å². The first-order chi connectivity index (χ1) is 9.10. The predicted octanol–water partition coefficient (Wildman–Crippen LogP) is 4.27.